The summed E-state index contributed by atoms with van der Waals surface area (Å²) in [5.74, 6) is -1.54. The number of rotatable bonds is 2. The molecule has 6 heteroatoms. The second-order valence-electron chi connectivity index (χ2n) is 2.92. The van der Waals surface area contributed by atoms with Gasteiger partial charge in [-0.3, -0.25) is 4.79 Å². The highest BCUT2D eigenvalue weighted by atomic mass is 16.7. The van der Waals surface area contributed by atoms with Crippen molar-refractivity contribution in [3.63, 3.8) is 0 Å². The van der Waals surface area contributed by atoms with E-state index in [0.29, 0.717) is 0 Å². The Morgan fingerprint density at radius 1 is 1.69 bits per heavy atom. The molecule has 0 aromatic rings. The van der Waals surface area contributed by atoms with Crippen molar-refractivity contribution in [1.82, 2.24) is 5.32 Å². The molecule has 1 atom stereocenters. The van der Waals surface area contributed by atoms with Gasteiger partial charge in [0.25, 0.3) is 5.91 Å². The van der Waals surface area contributed by atoms with Gasteiger partial charge < -0.3 is 15.3 Å². The standard InChI is InChI=1S/C7H10N2O4/c1-7(6(11)12)3-4(9-13-7)5(10)8-2/h3H2,1-2H3,(H,8,10)(H,11,12). The fraction of sp³-hybridized carbons (Fsp3) is 0.571. The minimum Gasteiger partial charge on any atom is -0.478 e. The van der Waals surface area contributed by atoms with Crippen molar-refractivity contribution in [1.29, 1.82) is 0 Å². The second-order valence-corrected chi connectivity index (χ2v) is 2.92. The fourth-order valence-electron chi connectivity index (χ4n) is 0.921. The normalized spacial score (nSPS) is 26.2. The molecule has 0 saturated carbocycles. The Bertz CT molecular complexity index is 286. The van der Waals surface area contributed by atoms with Crippen LogP contribution in [0, 0.1) is 0 Å². The second kappa shape index (κ2) is 3.04. The molecule has 0 radical (unpaired) electrons. The molecule has 0 bridgehead atoms. The summed E-state index contributed by atoms with van der Waals surface area (Å²) < 4.78 is 0. The fourth-order valence-corrected chi connectivity index (χ4v) is 0.921. The Labute approximate surface area is 74.6 Å². The lowest BCUT2D eigenvalue weighted by Crippen LogP contribution is -2.37. The number of carboxylic acid groups (broad SMARTS) is 1. The van der Waals surface area contributed by atoms with Crippen LogP contribution in [0.3, 0.4) is 0 Å². The summed E-state index contributed by atoms with van der Waals surface area (Å²) in [6, 6.07) is 0. The van der Waals surface area contributed by atoms with Gasteiger partial charge in [-0.2, -0.15) is 0 Å². The first-order valence-corrected chi connectivity index (χ1v) is 3.70. The average molecular weight is 186 g/mol. The van der Waals surface area contributed by atoms with Gasteiger partial charge in [-0.15, -0.1) is 0 Å². The van der Waals surface area contributed by atoms with Crippen LogP contribution in [0.25, 0.3) is 0 Å². The molecule has 13 heavy (non-hydrogen) atoms. The van der Waals surface area contributed by atoms with E-state index in [0.717, 1.165) is 0 Å². The van der Waals surface area contributed by atoms with Gasteiger partial charge in [0.05, 0.1) is 6.42 Å². The first-order valence-electron chi connectivity index (χ1n) is 3.70. The largest absolute Gasteiger partial charge is 0.478 e. The van der Waals surface area contributed by atoms with Crippen LogP contribution in [0.5, 0.6) is 0 Å². The highest BCUT2D eigenvalue weighted by Crippen LogP contribution is 2.23. The Hall–Kier alpha value is -1.59. The molecular weight excluding hydrogens is 176 g/mol. The van der Waals surface area contributed by atoms with Crippen molar-refractivity contribution < 1.29 is 19.5 Å². The maximum Gasteiger partial charge on any atom is 0.351 e. The Morgan fingerprint density at radius 2 is 2.31 bits per heavy atom. The van der Waals surface area contributed by atoms with Crippen molar-refractivity contribution in [3.8, 4) is 0 Å². The van der Waals surface area contributed by atoms with Gasteiger partial charge in [0.15, 0.2) is 0 Å². The van der Waals surface area contributed by atoms with Gasteiger partial charge in [-0.05, 0) is 6.92 Å². The average Bonchev–Trinajstić information content (AvgIpc) is 2.48. The van der Waals surface area contributed by atoms with Crippen LogP contribution >= 0.6 is 0 Å². The summed E-state index contributed by atoms with van der Waals surface area (Å²) in [6.45, 7) is 1.37. The number of carboxylic acids is 1. The van der Waals surface area contributed by atoms with E-state index < -0.39 is 17.5 Å². The highest BCUT2D eigenvalue weighted by molar-refractivity contribution is 6.39. The summed E-state index contributed by atoms with van der Waals surface area (Å²) in [7, 11) is 1.45. The summed E-state index contributed by atoms with van der Waals surface area (Å²) in [5.41, 5.74) is -1.30. The Balaban J connectivity index is 2.71. The van der Waals surface area contributed by atoms with E-state index in [4.69, 9.17) is 5.11 Å². The third-order valence-electron chi connectivity index (χ3n) is 1.80. The number of carbonyl (C=O) groups excluding carboxylic acids is 1. The van der Waals surface area contributed by atoms with Crippen LogP contribution in [-0.2, 0) is 14.4 Å². The number of amides is 1. The topological polar surface area (TPSA) is 88.0 Å². The van der Waals surface area contributed by atoms with Crippen LogP contribution < -0.4 is 5.32 Å². The first kappa shape index (κ1) is 9.50. The van der Waals surface area contributed by atoms with Gasteiger partial charge in [0, 0.05) is 7.05 Å². The number of hydrogen-bond donors (Lipinski definition) is 2. The zero-order chi connectivity index (χ0) is 10.1. The summed E-state index contributed by atoms with van der Waals surface area (Å²) in [6.07, 6.45) is -0.0119. The third-order valence-corrected chi connectivity index (χ3v) is 1.80. The summed E-state index contributed by atoms with van der Waals surface area (Å²) in [4.78, 5) is 26.3. The number of oxime groups is 1. The van der Waals surface area contributed by atoms with Crippen LogP contribution in [0.2, 0.25) is 0 Å². The number of nitrogens with one attached hydrogen (secondary N) is 1. The van der Waals surface area contributed by atoms with Crippen LogP contribution in [-0.4, -0.2) is 35.3 Å². The molecule has 0 aromatic heterocycles. The van der Waals surface area contributed by atoms with Crippen molar-refractivity contribution in [2.24, 2.45) is 5.16 Å². The van der Waals surface area contributed by atoms with E-state index in [-0.39, 0.29) is 12.1 Å². The number of hydrogen-bond acceptors (Lipinski definition) is 4. The van der Waals surface area contributed by atoms with Crippen LogP contribution in [0.1, 0.15) is 13.3 Å². The smallest absolute Gasteiger partial charge is 0.351 e. The molecular formula is C7H10N2O4. The predicted molar refractivity (Wildman–Crippen MR) is 43.2 cm³/mol. The highest BCUT2D eigenvalue weighted by Gasteiger charge is 2.43. The number of nitrogens with zero attached hydrogens (tertiary/aromatic N) is 1. The van der Waals surface area contributed by atoms with Gasteiger partial charge in [0.1, 0.15) is 5.71 Å². The van der Waals surface area contributed by atoms with Crippen molar-refractivity contribution in [2.45, 2.75) is 18.9 Å². The molecule has 1 unspecified atom stereocenters. The lowest BCUT2D eigenvalue weighted by molar-refractivity contribution is -0.160. The molecule has 0 aromatic carbocycles. The number of carbonyl (C=O) groups is 2. The van der Waals surface area contributed by atoms with E-state index in [9.17, 15) is 9.59 Å². The first-order chi connectivity index (χ1) is 5.99. The molecule has 1 amide bonds. The quantitative estimate of drug-likeness (QED) is 0.600. The van der Waals surface area contributed by atoms with Crippen LogP contribution in [0.15, 0.2) is 5.16 Å². The predicted octanol–water partition coefficient (Wildman–Crippen LogP) is -0.648. The monoisotopic (exact) mass is 186 g/mol. The maximum absolute atomic E-state index is 11.0. The number of aliphatic carboxylic acids is 1. The molecule has 1 aliphatic heterocycles. The third kappa shape index (κ3) is 1.61. The van der Waals surface area contributed by atoms with E-state index >= 15 is 0 Å². The molecule has 6 nitrogen and oxygen atoms in total. The molecule has 72 valence electrons. The molecule has 1 aliphatic rings. The maximum atomic E-state index is 11.0. The van der Waals surface area contributed by atoms with E-state index in [1.54, 1.807) is 0 Å². The lowest BCUT2D eigenvalue weighted by Gasteiger charge is -2.14. The van der Waals surface area contributed by atoms with Crippen molar-refractivity contribution in [2.75, 3.05) is 7.05 Å². The zero-order valence-electron chi connectivity index (χ0n) is 7.33. The van der Waals surface area contributed by atoms with Gasteiger partial charge in [0.2, 0.25) is 5.60 Å². The lowest BCUT2D eigenvalue weighted by atomic mass is 10.00. The Morgan fingerprint density at radius 3 is 2.69 bits per heavy atom. The SMILES string of the molecule is CNC(=O)C1=NOC(C)(C(=O)O)C1. The van der Waals surface area contributed by atoms with E-state index in [2.05, 4.69) is 15.3 Å². The zero-order valence-corrected chi connectivity index (χ0v) is 7.33. The molecule has 0 saturated heterocycles. The van der Waals surface area contributed by atoms with E-state index in [1.165, 1.54) is 14.0 Å². The van der Waals surface area contributed by atoms with Gasteiger partial charge in [-0.1, -0.05) is 5.16 Å². The minimum absolute atomic E-state index is 0.0119. The molecule has 0 aliphatic carbocycles. The van der Waals surface area contributed by atoms with Crippen molar-refractivity contribution >= 4 is 17.6 Å². The summed E-state index contributed by atoms with van der Waals surface area (Å²) in [5, 5.41) is 14.5. The minimum atomic E-state index is -1.40. The van der Waals surface area contributed by atoms with Crippen molar-refractivity contribution in [3.05, 3.63) is 0 Å². The van der Waals surface area contributed by atoms with E-state index in [1.807, 2.05) is 0 Å². The van der Waals surface area contributed by atoms with Crippen LogP contribution in [0.4, 0.5) is 0 Å². The molecule has 0 fully saturated rings. The molecule has 1 heterocycles. The molecule has 2 N–H and O–H groups in total. The Kier molecular flexibility index (Phi) is 2.22. The van der Waals surface area contributed by atoms with Gasteiger partial charge in [-0.25, -0.2) is 4.79 Å². The molecule has 1 rings (SSSR count). The summed E-state index contributed by atoms with van der Waals surface area (Å²) >= 11 is 0. The molecule has 0 spiro atoms. The van der Waals surface area contributed by atoms with Gasteiger partial charge >= 0.3 is 5.97 Å².